The van der Waals surface area contributed by atoms with Crippen LogP contribution >= 0.6 is 11.3 Å². The summed E-state index contributed by atoms with van der Waals surface area (Å²) in [6.45, 7) is 7.52. The van der Waals surface area contributed by atoms with E-state index in [1.165, 1.54) is 17.8 Å². The van der Waals surface area contributed by atoms with Crippen molar-refractivity contribution in [2.45, 2.75) is 26.8 Å². The van der Waals surface area contributed by atoms with Gasteiger partial charge in [-0.3, -0.25) is 4.90 Å². The number of hydrogen-bond donors (Lipinski definition) is 1. The number of hydrogen-bond acceptors (Lipinski definition) is 3. The van der Waals surface area contributed by atoms with E-state index in [2.05, 4.69) is 18.7 Å². The monoisotopic (exact) mass is 253 g/mol. The first-order valence-corrected chi connectivity index (χ1v) is 6.98. The van der Waals surface area contributed by atoms with Crippen molar-refractivity contribution in [2.75, 3.05) is 13.1 Å². The Morgan fingerprint density at radius 2 is 2.29 bits per heavy atom. The van der Waals surface area contributed by atoms with Crippen LogP contribution in [0, 0.1) is 11.8 Å². The molecule has 2 unspecified atom stereocenters. The van der Waals surface area contributed by atoms with Crippen LogP contribution in [0.5, 0.6) is 0 Å². The highest BCUT2D eigenvalue weighted by Gasteiger charge is 2.23. The fourth-order valence-electron chi connectivity index (χ4n) is 2.38. The van der Waals surface area contributed by atoms with Crippen LogP contribution in [-0.2, 0) is 6.54 Å². The standard InChI is InChI=1S/C13H19NO2S/c1-9-3-5-14(7-10(9)2)8-11-4-6-17-12(11)13(15)16/h4,6,9-10H,3,5,7-8H2,1-2H3,(H,15,16). The summed E-state index contributed by atoms with van der Waals surface area (Å²) in [6, 6.07) is 1.94. The van der Waals surface area contributed by atoms with Crippen LogP contribution in [0.2, 0.25) is 0 Å². The molecule has 1 aliphatic heterocycles. The lowest BCUT2D eigenvalue weighted by Gasteiger charge is -2.35. The second kappa shape index (κ2) is 5.19. The molecule has 0 aromatic carbocycles. The average molecular weight is 253 g/mol. The molecule has 0 amide bonds. The highest BCUT2D eigenvalue weighted by molar-refractivity contribution is 7.12. The Balaban J connectivity index is 2.01. The molecule has 2 heterocycles. The summed E-state index contributed by atoms with van der Waals surface area (Å²) in [5, 5.41) is 10.9. The maximum Gasteiger partial charge on any atom is 0.346 e. The molecule has 2 atom stereocenters. The van der Waals surface area contributed by atoms with Crippen molar-refractivity contribution in [3.05, 3.63) is 21.9 Å². The van der Waals surface area contributed by atoms with Gasteiger partial charge in [-0.15, -0.1) is 11.3 Å². The molecule has 1 aliphatic rings. The van der Waals surface area contributed by atoms with Gasteiger partial charge in [0.1, 0.15) is 4.88 Å². The Morgan fingerprint density at radius 3 is 2.94 bits per heavy atom. The normalized spacial score (nSPS) is 26.0. The molecule has 4 heteroatoms. The van der Waals surface area contributed by atoms with E-state index in [1.54, 1.807) is 0 Å². The molecule has 0 saturated carbocycles. The van der Waals surface area contributed by atoms with E-state index in [4.69, 9.17) is 5.11 Å². The third-order valence-electron chi connectivity index (χ3n) is 3.75. The fourth-order valence-corrected chi connectivity index (χ4v) is 3.13. The zero-order valence-corrected chi connectivity index (χ0v) is 11.2. The molecule has 0 spiro atoms. The summed E-state index contributed by atoms with van der Waals surface area (Å²) in [6.07, 6.45) is 1.22. The first kappa shape index (κ1) is 12.6. The maximum atomic E-state index is 11.0. The lowest BCUT2D eigenvalue weighted by molar-refractivity contribution is 0.0698. The molecular weight excluding hydrogens is 234 g/mol. The molecule has 94 valence electrons. The van der Waals surface area contributed by atoms with Crippen molar-refractivity contribution < 1.29 is 9.90 Å². The number of carboxylic acids is 1. The van der Waals surface area contributed by atoms with Gasteiger partial charge in [-0.1, -0.05) is 13.8 Å². The minimum absolute atomic E-state index is 0.497. The van der Waals surface area contributed by atoms with Crippen molar-refractivity contribution in [3.63, 3.8) is 0 Å². The number of aromatic carboxylic acids is 1. The molecule has 1 saturated heterocycles. The Labute approximate surface area is 106 Å². The summed E-state index contributed by atoms with van der Waals surface area (Å²) >= 11 is 1.32. The second-order valence-corrected chi connectivity index (χ2v) is 5.97. The average Bonchev–Trinajstić information content (AvgIpc) is 2.72. The van der Waals surface area contributed by atoms with Gasteiger partial charge in [-0.2, -0.15) is 0 Å². The smallest absolute Gasteiger partial charge is 0.346 e. The molecule has 0 radical (unpaired) electrons. The highest BCUT2D eigenvalue weighted by atomic mass is 32.1. The van der Waals surface area contributed by atoms with Crippen molar-refractivity contribution in [1.82, 2.24) is 4.90 Å². The van der Waals surface area contributed by atoms with Crippen molar-refractivity contribution >= 4 is 17.3 Å². The Kier molecular flexibility index (Phi) is 3.84. The SMILES string of the molecule is CC1CCN(Cc2ccsc2C(=O)O)CC1C. The number of nitrogens with zero attached hydrogens (tertiary/aromatic N) is 1. The second-order valence-electron chi connectivity index (χ2n) is 5.06. The predicted molar refractivity (Wildman–Crippen MR) is 69.5 cm³/mol. The van der Waals surface area contributed by atoms with Crippen LogP contribution in [0.15, 0.2) is 11.4 Å². The Bertz CT molecular complexity index is 402. The van der Waals surface area contributed by atoms with Gasteiger partial charge in [0.25, 0.3) is 0 Å². The minimum Gasteiger partial charge on any atom is -0.477 e. The lowest BCUT2D eigenvalue weighted by Crippen LogP contribution is -2.38. The number of carbonyl (C=O) groups is 1. The zero-order valence-electron chi connectivity index (χ0n) is 10.3. The molecular formula is C13H19NO2S. The molecule has 0 bridgehead atoms. The largest absolute Gasteiger partial charge is 0.477 e. The van der Waals surface area contributed by atoms with Gasteiger partial charge in [0.05, 0.1) is 0 Å². The molecule has 17 heavy (non-hydrogen) atoms. The minimum atomic E-state index is -0.798. The fraction of sp³-hybridized carbons (Fsp3) is 0.615. The Morgan fingerprint density at radius 1 is 1.53 bits per heavy atom. The molecule has 3 nitrogen and oxygen atoms in total. The molecule has 1 aromatic rings. The van der Waals surface area contributed by atoms with E-state index in [9.17, 15) is 4.79 Å². The molecule has 0 aliphatic carbocycles. The first-order valence-electron chi connectivity index (χ1n) is 6.10. The van der Waals surface area contributed by atoms with Crippen LogP contribution in [0.4, 0.5) is 0 Å². The summed E-state index contributed by atoms with van der Waals surface area (Å²) < 4.78 is 0. The van der Waals surface area contributed by atoms with E-state index in [1.807, 2.05) is 11.4 Å². The van der Waals surface area contributed by atoms with Gasteiger partial charge in [-0.25, -0.2) is 4.79 Å². The molecule has 2 rings (SSSR count). The van der Waals surface area contributed by atoms with Gasteiger partial charge in [0.2, 0.25) is 0 Å². The van der Waals surface area contributed by atoms with E-state index < -0.39 is 5.97 Å². The zero-order chi connectivity index (χ0) is 12.4. The number of likely N-dealkylation sites (tertiary alicyclic amines) is 1. The molecule has 1 N–H and O–H groups in total. The topological polar surface area (TPSA) is 40.5 Å². The first-order chi connectivity index (χ1) is 8.08. The quantitative estimate of drug-likeness (QED) is 0.900. The van der Waals surface area contributed by atoms with Gasteiger partial charge in [0, 0.05) is 13.1 Å². The summed E-state index contributed by atoms with van der Waals surface area (Å²) in [4.78, 5) is 13.9. The number of thiophene rings is 1. The van der Waals surface area contributed by atoms with Gasteiger partial charge in [-0.05, 0) is 41.8 Å². The summed E-state index contributed by atoms with van der Waals surface area (Å²) in [5.41, 5.74) is 0.962. The summed E-state index contributed by atoms with van der Waals surface area (Å²) in [7, 11) is 0. The highest BCUT2D eigenvalue weighted by Crippen LogP contribution is 2.25. The van der Waals surface area contributed by atoms with E-state index in [0.29, 0.717) is 10.8 Å². The van der Waals surface area contributed by atoms with Crippen LogP contribution in [0.25, 0.3) is 0 Å². The maximum absolute atomic E-state index is 11.0. The van der Waals surface area contributed by atoms with Gasteiger partial charge < -0.3 is 5.11 Å². The van der Waals surface area contributed by atoms with E-state index in [0.717, 1.165) is 31.1 Å². The van der Waals surface area contributed by atoms with Crippen molar-refractivity contribution in [1.29, 1.82) is 0 Å². The lowest BCUT2D eigenvalue weighted by atomic mass is 9.88. The Hall–Kier alpha value is -0.870. The summed E-state index contributed by atoms with van der Waals surface area (Å²) in [5.74, 6) is 0.691. The van der Waals surface area contributed by atoms with Crippen molar-refractivity contribution in [2.24, 2.45) is 11.8 Å². The third-order valence-corrected chi connectivity index (χ3v) is 4.70. The van der Waals surface area contributed by atoms with Crippen LogP contribution in [0.3, 0.4) is 0 Å². The number of carboxylic acid groups (broad SMARTS) is 1. The van der Waals surface area contributed by atoms with Crippen molar-refractivity contribution in [3.8, 4) is 0 Å². The van der Waals surface area contributed by atoms with Gasteiger partial charge in [0.15, 0.2) is 0 Å². The molecule has 1 aromatic heterocycles. The van der Waals surface area contributed by atoms with Crippen LogP contribution < -0.4 is 0 Å². The molecule has 1 fully saturated rings. The van der Waals surface area contributed by atoms with Crippen LogP contribution in [0.1, 0.15) is 35.5 Å². The number of piperidine rings is 1. The van der Waals surface area contributed by atoms with E-state index >= 15 is 0 Å². The van der Waals surface area contributed by atoms with Crippen LogP contribution in [-0.4, -0.2) is 29.1 Å². The third kappa shape index (κ3) is 2.87. The predicted octanol–water partition coefficient (Wildman–Crippen LogP) is 2.92. The number of rotatable bonds is 3. The van der Waals surface area contributed by atoms with E-state index in [-0.39, 0.29) is 0 Å². The van der Waals surface area contributed by atoms with Gasteiger partial charge >= 0.3 is 5.97 Å².